The number of halogens is 1. The number of hydrogen-bond acceptors (Lipinski definition) is 3. The first-order valence-electron chi connectivity index (χ1n) is 13.2. The number of alkyl halides is 1. The molecule has 0 heterocycles. The molecule has 0 radical (unpaired) electrons. The molecule has 4 heteroatoms. The second-order valence-corrected chi connectivity index (χ2v) is 9.06. The zero-order valence-corrected chi connectivity index (χ0v) is 21.8. The first kappa shape index (κ1) is 33.1. The van der Waals surface area contributed by atoms with Crippen LogP contribution in [0.3, 0.4) is 0 Å². The average molecular weight is 462 g/mol. The summed E-state index contributed by atoms with van der Waals surface area (Å²) in [4.78, 5) is 0. The van der Waals surface area contributed by atoms with Gasteiger partial charge in [-0.3, -0.25) is 0 Å². The van der Waals surface area contributed by atoms with Gasteiger partial charge >= 0.3 is 0 Å². The summed E-state index contributed by atoms with van der Waals surface area (Å²) in [5.74, 6) is 0. The number of nitrogens with two attached hydrogens (primary N) is 1. The van der Waals surface area contributed by atoms with Crippen molar-refractivity contribution in [3.05, 3.63) is 12.2 Å². The molecule has 0 aliphatic heterocycles. The largest absolute Gasteiger partial charge is 0.396 e. The summed E-state index contributed by atoms with van der Waals surface area (Å²) in [6.07, 6.45) is 31.1. The van der Waals surface area contributed by atoms with Gasteiger partial charge in [-0.1, -0.05) is 103 Å². The molecule has 4 N–H and O–H groups in total. The van der Waals surface area contributed by atoms with Gasteiger partial charge in [-0.25, -0.2) is 0 Å². The second kappa shape index (κ2) is 27.9. The summed E-state index contributed by atoms with van der Waals surface area (Å²) < 4.78 is 0. The zero-order chi connectivity index (χ0) is 23.5. The minimum Gasteiger partial charge on any atom is -0.396 e. The van der Waals surface area contributed by atoms with Crippen molar-refractivity contribution in [3.8, 4) is 0 Å². The highest BCUT2D eigenvalue weighted by molar-refractivity contribution is 6.15. The molecule has 0 atom stereocenters. The molecular weight excluding hydrogens is 406 g/mol. The van der Waals surface area contributed by atoms with Crippen molar-refractivity contribution in [1.29, 1.82) is 0 Å². The lowest BCUT2D eigenvalue weighted by atomic mass is 9.87. The molecule has 3 nitrogen and oxygen atoms in total. The van der Waals surface area contributed by atoms with E-state index in [4.69, 9.17) is 15.9 Å². The SMILES string of the molecule is CCCCCCCC/C=C/CCCCCCCCCCCC(N)(CCO)CCO.CCl. The highest BCUT2D eigenvalue weighted by Gasteiger charge is 2.22. The van der Waals surface area contributed by atoms with Crippen LogP contribution in [-0.4, -0.2) is 35.3 Å². The summed E-state index contributed by atoms with van der Waals surface area (Å²) >= 11 is 4.64. The summed E-state index contributed by atoms with van der Waals surface area (Å²) in [6, 6.07) is 0. The Labute approximate surface area is 200 Å². The van der Waals surface area contributed by atoms with Crippen LogP contribution in [0.15, 0.2) is 12.2 Å². The van der Waals surface area contributed by atoms with E-state index in [1.165, 1.54) is 109 Å². The van der Waals surface area contributed by atoms with Gasteiger partial charge in [0.25, 0.3) is 0 Å². The van der Waals surface area contributed by atoms with Gasteiger partial charge in [-0.05, 0) is 44.9 Å². The van der Waals surface area contributed by atoms with Crippen molar-refractivity contribution < 1.29 is 10.2 Å². The normalized spacial score (nSPS) is 11.7. The lowest BCUT2D eigenvalue weighted by Gasteiger charge is -2.28. The van der Waals surface area contributed by atoms with Gasteiger partial charge in [0.2, 0.25) is 0 Å². The number of unbranched alkanes of at least 4 members (excludes halogenated alkanes) is 15. The summed E-state index contributed by atoms with van der Waals surface area (Å²) in [7, 11) is 0. The Bertz CT molecular complexity index is 344. The van der Waals surface area contributed by atoms with Crippen LogP contribution in [0.1, 0.15) is 135 Å². The molecule has 0 aliphatic rings. The van der Waals surface area contributed by atoms with E-state index in [1.807, 2.05) is 0 Å². The van der Waals surface area contributed by atoms with Crippen LogP contribution in [0, 0.1) is 0 Å². The monoisotopic (exact) mass is 461 g/mol. The van der Waals surface area contributed by atoms with Crippen LogP contribution in [0.5, 0.6) is 0 Å². The van der Waals surface area contributed by atoms with Crippen LogP contribution in [0.4, 0.5) is 0 Å². The van der Waals surface area contributed by atoms with Crippen molar-refractivity contribution in [2.24, 2.45) is 5.73 Å². The first-order chi connectivity index (χ1) is 15.2. The summed E-state index contributed by atoms with van der Waals surface area (Å²) in [5.41, 5.74) is 5.90. The molecule has 0 saturated carbocycles. The van der Waals surface area contributed by atoms with Crippen LogP contribution < -0.4 is 5.73 Å². The molecule has 0 spiro atoms. The topological polar surface area (TPSA) is 66.5 Å². The molecule has 0 aromatic rings. The Morgan fingerprint density at radius 2 is 0.935 bits per heavy atom. The molecule has 0 fully saturated rings. The third kappa shape index (κ3) is 26.0. The fourth-order valence-electron chi connectivity index (χ4n) is 4.08. The van der Waals surface area contributed by atoms with Gasteiger partial charge in [-0.2, -0.15) is 0 Å². The summed E-state index contributed by atoms with van der Waals surface area (Å²) in [6.45, 7) is 2.51. The molecule has 0 aromatic heterocycles. The number of hydrogen-bond donors (Lipinski definition) is 3. The van der Waals surface area contributed by atoms with E-state index in [0.29, 0.717) is 12.8 Å². The van der Waals surface area contributed by atoms with Crippen molar-refractivity contribution in [3.63, 3.8) is 0 Å². The Balaban J connectivity index is 0. The molecule has 0 bridgehead atoms. The molecule has 188 valence electrons. The maximum absolute atomic E-state index is 9.12. The van der Waals surface area contributed by atoms with E-state index in [0.717, 1.165) is 12.8 Å². The average Bonchev–Trinajstić information content (AvgIpc) is 2.77. The fraction of sp³-hybridized carbons (Fsp3) is 0.926. The maximum atomic E-state index is 9.12. The van der Waals surface area contributed by atoms with E-state index in [-0.39, 0.29) is 18.8 Å². The molecule has 0 unspecified atom stereocenters. The Morgan fingerprint density at radius 3 is 1.32 bits per heavy atom. The Hall–Kier alpha value is -0.0900. The number of allylic oxidation sites excluding steroid dienone is 2. The van der Waals surface area contributed by atoms with E-state index in [1.54, 1.807) is 0 Å². The lowest BCUT2D eigenvalue weighted by molar-refractivity contribution is 0.183. The van der Waals surface area contributed by atoms with E-state index < -0.39 is 0 Å². The number of aliphatic hydroxyl groups excluding tert-OH is 2. The van der Waals surface area contributed by atoms with Gasteiger partial charge < -0.3 is 15.9 Å². The Morgan fingerprint density at radius 1 is 0.581 bits per heavy atom. The Kier molecular flexibility index (Phi) is 29.8. The maximum Gasteiger partial charge on any atom is 0.0448 e. The highest BCUT2D eigenvalue weighted by Crippen LogP contribution is 2.21. The van der Waals surface area contributed by atoms with Crippen LogP contribution in [0.2, 0.25) is 0 Å². The molecule has 0 rings (SSSR count). The minimum atomic E-state index is -0.368. The highest BCUT2D eigenvalue weighted by atomic mass is 35.5. The minimum absolute atomic E-state index is 0.116. The number of rotatable bonds is 23. The molecule has 0 amide bonds. The third-order valence-corrected chi connectivity index (χ3v) is 6.16. The van der Waals surface area contributed by atoms with E-state index in [2.05, 4.69) is 30.7 Å². The third-order valence-electron chi connectivity index (χ3n) is 6.16. The standard InChI is InChI=1S/C26H53NO2.CH3Cl/c1-2-3-4-5-6-7-8-9-10-11-12-13-14-15-16-17-18-19-20-21-26(27,22-24-28)23-25-29;1-2/h9-10,28-29H,2-8,11-25,27H2,1H3;1H3/b10-9+;. The smallest absolute Gasteiger partial charge is 0.0448 e. The van der Waals surface area contributed by atoms with Crippen molar-refractivity contribution in [2.75, 3.05) is 19.6 Å². The van der Waals surface area contributed by atoms with Gasteiger partial charge in [0.05, 0.1) is 0 Å². The van der Waals surface area contributed by atoms with Crippen LogP contribution >= 0.6 is 11.6 Å². The number of aliphatic hydroxyl groups is 2. The molecular formula is C27H56ClNO2. The predicted octanol–water partition coefficient (Wildman–Crippen LogP) is 7.90. The molecule has 0 saturated heterocycles. The first-order valence-corrected chi connectivity index (χ1v) is 14.0. The van der Waals surface area contributed by atoms with Crippen molar-refractivity contribution in [1.82, 2.24) is 0 Å². The quantitative estimate of drug-likeness (QED) is 0.0822. The molecule has 0 aliphatic carbocycles. The fourth-order valence-corrected chi connectivity index (χ4v) is 4.08. The van der Waals surface area contributed by atoms with Gasteiger partial charge in [0.1, 0.15) is 0 Å². The van der Waals surface area contributed by atoms with E-state index >= 15 is 0 Å². The van der Waals surface area contributed by atoms with Gasteiger partial charge in [-0.15, -0.1) is 11.6 Å². The molecule has 31 heavy (non-hydrogen) atoms. The molecule has 0 aromatic carbocycles. The van der Waals surface area contributed by atoms with Crippen LogP contribution in [-0.2, 0) is 0 Å². The van der Waals surface area contributed by atoms with Gasteiger partial charge in [0, 0.05) is 25.1 Å². The van der Waals surface area contributed by atoms with E-state index in [9.17, 15) is 0 Å². The second-order valence-electron chi connectivity index (χ2n) is 9.06. The zero-order valence-electron chi connectivity index (χ0n) is 21.1. The van der Waals surface area contributed by atoms with Crippen molar-refractivity contribution in [2.45, 2.75) is 141 Å². The van der Waals surface area contributed by atoms with Gasteiger partial charge in [0.15, 0.2) is 0 Å². The lowest BCUT2D eigenvalue weighted by Crippen LogP contribution is -2.41. The van der Waals surface area contributed by atoms with Crippen LogP contribution in [0.25, 0.3) is 0 Å². The van der Waals surface area contributed by atoms with Crippen molar-refractivity contribution >= 4 is 11.6 Å². The summed E-state index contributed by atoms with van der Waals surface area (Å²) in [5, 5.41) is 18.2. The predicted molar refractivity (Wildman–Crippen MR) is 140 cm³/mol.